The van der Waals surface area contributed by atoms with E-state index in [9.17, 15) is 9.18 Å². The summed E-state index contributed by atoms with van der Waals surface area (Å²) in [7, 11) is 0. The molecule has 2 rings (SSSR count). The topological polar surface area (TPSA) is 17.1 Å². The average molecular weight is 228 g/mol. The van der Waals surface area contributed by atoms with Crippen molar-refractivity contribution in [2.24, 2.45) is 0 Å². The quantitative estimate of drug-likeness (QED) is 0.723. The van der Waals surface area contributed by atoms with Crippen LogP contribution in [0.2, 0.25) is 0 Å². The predicted octanol–water partition coefficient (Wildman–Crippen LogP) is 4.09. The number of ketones is 1. The third-order valence-electron chi connectivity index (χ3n) is 2.69. The highest BCUT2D eigenvalue weighted by Gasteiger charge is 2.09. The number of Topliss-reactive ketones (excluding diaryl/α,β-unsaturated/α-hetero) is 1. The van der Waals surface area contributed by atoms with E-state index in [0.29, 0.717) is 17.5 Å². The highest BCUT2D eigenvalue weighted by molar-refractivity contribution is 5.97. The van der Waals surface area contributed by atoms with Crippen molar-refractivity contribution in [3.63, 3.8) is 0 Å². The van der Waals surface area contributed by atoms with E-state index < -0.39 is 0 Å². The minimum atomic E-state index is -0.302. The lowest BCUT2D eigenvalue weighted by molar-refractivity contribution is 0.0988. The van der Waals surface area contributed by atoms with Gasteiger partial charge in [-0.15, -0.1) is 0 Å². The largest absolute Gasteiger partial charge is 0.294 e. The van der Waals surface area contributed by atoms with Crippen LogP contribution < -0.4 is 0 Å². The first-order valence-electron chi connectivity index (χ1n) is 5.60. The predicted molar refractivity (Wildman–Crippen MR) is 66.5 cm³/mol. The number of halogens is 1. The van der Waals surface area contributed by atoms with E-state index in [-0.39, 0.29) is 11.6 Å². The molecule has 0 atom stereocenters. The molecule has 2 heteroatoms. The van der Waals surface area contributed by atoms with E-state index in [1.165, 1.54) is 12.1 Å². The van der Waals surface area contributed by atoms with E-state index >= 15 is 0 Å². The van der Waals surface area contributed by atoms with Crippen LogP contribution in [0.25, 0.3) is 11.1 Å². The van der Waals surface area contributed by atoms with Crippen LogP contribution in [0, 0.1) is 5.82 Å². The summed E-state index contributed by atoms with van der Waals surface area (Å²) in [5, 5.41) is 0. The van der Waals surface area contributed by atoms with E-state index in [1.54, 1.807) is 13.0 Å². The van der Waals surface area contributed by atoms with Gasteiger partial charge in [0.05, 0.1) is 0 Å². The maximum atomic E-state index is 13.7. The molecular formula is C15H13FO. The molecule has 0 aliphatic rings. The van der Waals surface area contributed by atoms with Gasteiger partial charge >= 0.3 is 0 Å². The summed E-state index contributed by atoms with van der Waals surface area (Å²) in [6.07, 6.45) is 0.430. The molecule has 1 nitrogen and oxygen atoms in total. The Balaban J connectivity index is 2.50. The van der Waals surface area contributed by atoms with Crippen molar-refractivity contribution in [3.05, 3.63) is 59.9 Å². The van der Waals surface area contributed by atoms with E-state index in [0.717, 1.165) is 5.56 Å². The van der Waals surface area contributed by atoms with Crippen LogP contribution in [0.15, 0.2) is 48.5 Å². The molecule has 0 amide bonds. The van der Waals surface area contributed by atoms with Crippen molar-refractivity contribution in [1.82, 2.24) is 0 Å². The summed E-state index contributed by atoms with van der Waals surface area (Å²) in [6.45, 7) is 1.80. The lowest BCUT2D eigenvalue weighted by atomic mass is 10.00. The molecule has 2 aromatic carbocycles. The number of rotatable bonds is 3. The van der Waals surface area contributed by atoms with Crippen LogP contribution in [-0.2, 0) is 0 Å². The van der Waals surface area contributed by atoms with Crippen molar-refractivity contribution in [2.75, 3.05) is 0 Å². The van der Waals surface area contributed by atoms with Gasteiger partial charge in [0.2, 0.25) is 0 Å². The van der Waals surface area contributed by atoms with Crippen LogP contribution >= 0.6 is 0 Å². The van der Waals surface area contributed by atoms with Crippen LogP contribution in [0.3, 0.4) is 0 Å². The molecule has 0 bridgehead atoms. The third kappa shape index (κ3) is 2.41. The number of hydrogen-bond acceptors (Lipinski definition) is 1. The number of benzene rings is 2. The minimum Gasteiger partial charge on any atom is -0.294 e. The standard InChI is InChI=1S/C15H13FO/c1-2-15(17)12-8-9-14(16)13(10-12)11-6-4-3-5-7-11/h3-10H,2H2,1H3. The molecule has 0 heterocycles. The Morgan fingerprint density at radius 3 is 2.47 bits per heavy atom. The molecule has 86 valence electrons. The summed E-state index contributed by atoms with van der Waals surface area (Å²) in [4.78, 5) is 11.6. The zero-order valence-electron chi connectivity index (χ0n) is 9.61. The van der Waals surface area contributed by atoms with Gasteiger partial charge in [-0.1, -0.05) is 37.3 Å². The summed E-state index contributed by atoms with van der Waals surface area (Å²) in [5.74, 6) is -0.272. The zero-order chi connectivity index (χ0) is 12.3. The molecule has 0 spiro atoms. The van der Waals surface area contributed by atoms with Gasteiger partial charge in [-0.3, -0.25) is 4.79 Å². The van der Waals surface area contributed by atoms with E-state index in [2.05, 4.69) is 0 Å². The Labute approximate surface area is 99.9 Å². The second-order valence-electron chi connectivity index (χ2n) is 3.84. The molecule has 0 unspecified atom stereocenters. The molecule has 0 fully saturated rings. The molecule has 0 aliphatic heterocycles. The van der Waals surface area contributed by atoms with Crippen molar-refractivity contribution in [1.29, 1.82) is 0 Å². The monoisotopic (exact) mass is 228 g/mol. The van der Waals surface area contributed by atoms with Gasteiger partial charge in [0.15, 0.2) is 5.78 Å². The van der Waals surface area contributed by atoms with Gasteiger partial charge in [-0.25, -0.2) is 4.39 Å². The Morgan fingerprint density at radius 1 is 1.12 bits per heavy atom. The third-order valence-corrected chi connectivity index (χ3v) is 2.69. The number of hydrogen-bond donors (Lipinski definition) is 0. The maximum Gasteiger partial charge on any atom is 0.162 e. The molecule has 2 aromatic rings. The van der Waals surface area contributed by atoms with Crippen molar-refractivity contribution >= 4 is 5.78 Å². The Kier molecular flexibility index (Phi) is 3.33. The van der Waals surface area contributed by atoms with Crippen LogP contribution in [0.4, 0.5) is 4.39 Å². The highest BCUT2D eigenvalue weighted by Crippen LogP contribution is 2.24. The van der Waals surface area contributed by atoms with E-state index in [1.807, 2.05) is 30.3 Å². The van der Waals surface area contributed by atoms with Gasteiger partial charge < -0.3 is 0 Å². The first kappa shape index (κ1) is 11.5. The summed E-state index contributed by atoms with van der Waals surface area (Å²) >= 11 is 0. The second kappa shape index (κ2) is 4.91. The Bertz CT molecular complexity index is 532. The SMILES string of the molecule is CCC(=O)c1ccc(F)c(-c2ccccc2)c1. The van der Waals surface area contributed by atoms with Crippen molar-refractivity contribution in [3.8, 4) is 11.1 Å². The maximum absolute atomic E-state index is 13.7. The lowest BCUT2D eigenvalue weighted by Gasteiger charge is -2.05. The first-order chi connectivity index (χ1) is 8.22. The summed E-state index contributed by atoms with van der Waals surface area (Å²) in [6, 6.07) is 13.8. The molecule has 0 aliphatic carbocycles. The van der Waals surface area contributed by atoms with Gasteiger partial charge in [-0.2, -0.15) is 0 Å². The molecule has 0 saturated heterocycles. The van der Waals surface area contributed by atoms with Crippen LogP contribution in [-0.4, -0.2) is 5.78 Å². The van der Waals surface area contributed by atoms with Gasteiger partial charge in [0, 0.05) is 17.5 Å². The smallest absolute Gasteiger partial charge is 0.162 e. The number of carbonyl (C=O) groups excluding carboxylic acids is 1. The molecule has 0 saturated carbocycles. The fraction of sp³-hybridized carbons (Fsp3) is 0.133. The van der Waals surface area contributed by atoms with E-state index in [4.69, 9.17) is 0 Å². The van der Waals surface area contributed by atoms with Crippen molar-refractivity contribution < 1.29 is 9.18 Å². The van der Waals surface area contributed by atoms with Gasteiger partial charge in [0.1, 0.15) is 5.82 Å². The molecule has 0 N–H and O–H groups in total. The fourth-order valence-electron chi connectivity index (χ4n) is 1.74. The van der Waals surface area contributed by atoms with Gasteiger partial charge in [0.25, 0.3) is 0 Å². The molecule has 0 radical (unpaired) electrons. The molecular weight excluding hydrogens is 215 g/mol. The zero-order valence-corrected chi connectivity index (χ0v) is 9.61. The number of carbonyl (C=O) groups is 1. The van der Waals surface area contributed by atoms with Gasteiger partial charge in [-0.05, 0) is 23.8 Å². The molecule has 17 heavy (non-hydrogen) atoms. The highest BCUT2D eigenvalue weighted by atomic mass is 19.1. The van der Waals surface area contributed by atoms with Crippen LogP contribution in [0.1, 0.15) is 23.7 Å². The van der Waals surface area contributed by atoms with Crippen LogP contribution in [0.5, 0.6) is 0 Å². The minimum absolute atomic E-state index is 0.0298. The lowest BCUT2D eigenvalue weighted by Crippen LogP contribution is -1.97. The first-order valence-corrected chi connectivity index (χ1v) is 5.60. The fourth-order valence-corrected chi connectivity index (χ4v) is 1.74. The summed E-state index contributed by atoms with van der Waals surface area (Å²) < 4.78 is 13.7. The Hall–Kier alpha value is -1.96. The Morgan fingerprint density at radius 2 is 1.82 bits per heavy atom. The average Bonchev–Trinajstić information content (AvgIpc) is 2.39. The van der Waals surface area contributed by atoms with Crippen molar-refractivity contribution in [2.45, 2.75) is 13.3 Å². The normalized spacial score (nSPS) is 10.2. The summed E-state index contributed by atoms with van der Waals surface area (Å²) in [5.41, 5.74) is 1.83. The second-order valence-corrected chi connectivity index (χ2v) is 3.84. The molecule has 0 aromatic heterocycles.